The van der Waals surface area contributed by atoms with Crippen molar-refractivity contribution in [3.8, 4) is 17.0 Å². The number of halogens is 1. The number of rotatable bonds is 6. The molecule has 5 nitrogen and oxygen atoms in total. The molecule has 1 heterocycles. The van der Waals surface area contributed by atoms with Crippen LogP contribution in [-0.4, -0.2) is 24.7 Å². The average molecular weight is 446 g/mol. The minimum Gasteiger partial charge on any atom is -0.495 e. The second-order valence-electron chi connectivity index (χ2n) is 5.81. The molecule has 0 aliphatic carbocycles. The number of methoxy groups -OCH3 is 1. The first-order valence-electron chi connectivity index (χ1n) is 8.55. The van der Waals surface area contributed by atoms with Crippen LogP contribution in [0, 0.1) is 0 Å². The van der Waals surface area contributed by atoms with Gasteiger partial charge in [0.2, 0.25) is 0 Å². The van der Waals surface area contributed by atoms with Crippen LogP contribution in [0.2, 0.25) is 0 Å². The van der Waals surface area contributed by atoms with E-state index in [9.17, 15) is 4.79 Å². The number of carbonyl (C=O) groups excluding carboxylic acids is 1. The molecule has 0 aliphatic heterocycles. The molecule has 1 N–H and O–H groups in total. The summed E-state index contributed by atoms with van der Waals surface area (Å²) >= 11 is 4.94. The molecule has 27 heavy (non-hydrogen) atoms. The standard InChI is InChI=1S/C20H20BrN3O2S/c1-3-11-24(19(25)22-16-9-4-5-10-18(16)26-2)20-23-17(13-27-20)14-7-6-8-15(21)12-14/h4-10,12-13H,3,11H2,1-2H3,(H,22,25). The Hall–Kier alpha value is -2.38. The van der Waals surface area contributed by atoms with Gasteiger partial charge in [0, 0.05) is 22.0 Å². The summed E-state index contributed by atoms with van der Waals surface area (Å²) in [7, 11) is 1.58. The van der Waals surface area contributed by atoms with Crippen LogP contribution in [0.5, 0.6) is 5.75 Å². The highest BCUT2D eigenvalue weighted by molar-refractivity contribution is 9.10. The molecule has 0 unspecified atom stereocenters. The summed E-state index contributed by atoms with van der Waals surface area (Å²) in [6.45, 7) is 2.61. The lowest BCUT2D eigenvalue weighted by Gasteiger charge is -2.20. The van der Waals surface area contributed by atoms with Gasteiger partial charge in [-0.05, 0) is 30.7 Å². The number of thiazole rings is 1. The maximum absolute atomic E-state index is 12.9. The van der Waals surface area contributed by atoms with Crippen molar-refractivity contribution in [1.82, 2.24) is 4.98 Å². The first-order valence-corrected chi connectivity index (χ1v) is 10.2. The summed E-state index contributed by atoms with van der Waals surface area (Å²) in [6, 6.07) is 15.1. The molecule has 0 atom stereocenters. The third-order valence-electron chi connectivity index (χ3n) is 3.88. The van der Waals surface area contributed by atoms with Gasteiger partial charge >= 0.3 is 6.03 Å². The molecule has 1 aromatic heterocycles. The molecule has 0 bridgehead atoms. The van der Waals surface area contributed by atoms with Gasteiger partial charge in [0.15, 0.2) is 5.13 Å². The Bertz CT molecular complexity index is 929. The van der Waals surface area contributed by atoms with Crippen LogP contribution >= 0.6 is 27.3 Å². The van der Waals surface area contributed by atoms with E-state index >= 15 is 0 Å². The fraction of sp³-hybridized carbons (Fsp3) is 0.200. The monoisotopic (exact) mass is 445 g/mol. The zero-order valence-corrected chi connectivity index (χ0v) is 17.5. The van der Waals surface area contributed by atoms with Crippen LogP contribution in [0.4, 0.5) is 15.6 Å². The number of hydrogen-bond acceptors (Lipinski definition) is 4. The molecule has 0 saturated carbocycles. The van der Waals surface area contributed by atoms with Gasteiger partial charge in [0.05, 0.1) is 18.5 Å². The summed E-state index contributed by atoms with van der Waals surface area (Å²) in [6.07, 6.45) is 0.825. The summed E-state index contributed by atoms with van der Waals surface area (Å²) in [5.41, 5.74) is 2.49. The Morgan fingerprint density at radius 1 is 1.26 bits per heavy atom. The number of amides is 2. The van der Waals surface area contributed by atoms with Gasteiger partial charge in [-0.2, -0.15) is 0 Å². The van der Waals surface area contributed by atoms with Crippen molar-refractivity contribution in [3.05, 3.63) is 58.4 Å². The van der Waals surface area contributed by atoms with Crippen molar-refractivity contribution in [3.63, 3.8) is 0 Å². The van der Waals surface area contributed by atoms with Crippen LogP contribution in [0.1, 0.15) is 13.3 Å². The van der Waals surface area contributed by atoms with E-state index in [2.05, 4.69) is 26.2 Å². The fourth-order valence-electron chi connectivity index (χ4n) is 2.61. The number of nitrogens with one attached hydrogen (secondary N) is 1. The number of aromatic nitrogens is 1. The Morgan fingerprint density at radius 2 is 2.07 bits per heavy atom. The van der Waals surface area contributed by atoms with E-state index in [1.54, 1.807) is 12.0 Å². The van der Waals surface area contributed by atoms with Gasteiger partial charge in [-0.3, -0.25) is 4.90 Å². The predicted molar refractivity (Wildman–Crippen MR) is 115 cm³/mol. The number of carbonyl (C=O) groups is 1. The summed E-state index contributed by atoms with van der Waals surface area (Å²) in [5, 5.41) is 5.56. The molecule has 3 rings (SSSR count). The Morgan fingerprint density at radius 3 is 2.81 bits per heavy atom. The zero-order chi connectivity index (χ0) is 19.2. The van der Waals surface area contributed by atoms with Crippen molar-refractivity contribution in [2.75, 3.05) is 23.9 Å². The molecule has 0 fully saturated rings. The van der Waals surface area contributed by atoms with E-state index in [0.29, 0.717) is 23.1 Å². The number of nitrogens with zero attached hydrogens (tertiary/aromatic N) is 2. The molecule has 3 aromatic rings. The van der Waals surface area contributed by atoms with Crippen LogP contribution in [-0.2, 0) is 0 Å². The molecular weight excluding hydrogens is 426 g/mol. The van der Waals surface area contributed by atoms with E-state index in [1.807, 2.05) is 60.8 Å². The highest BCUT2D eigenvalue weighted by Gasteiger charge is 2.20. The van der Waals surface area contributed by atoms with E-state index in [-0.39, 0.29) is 6.03 Å². The SMILES string of the molecule is CCCN(C(=O)Nc1ccccc1OC)c1nc(-c2cccc(Br)c2)cs1. The number of benzene rings is 2. The molecule has 0 aliphatic rings. The maximum Gasteiger partial charge on any atom is 0.328 e. The molecular formula is C20H20BrN3O2S. The second kappa shape index (κ2) is 9.01. The molecule has 2 aromatic carbocycles. The lowest BCUT2D eigenvalue weighted by molar-refractivity contribution is 0.256. The zero-order valence-electron chi connectivity index (χ0n) is 15.1. The van der Waals surface area contributed by atoms with Crippen molar-refractivity contribution in [2.45, 2.75) is 13.3 Å². The van der Waals surface area contributed by atoms with Crippen molar-refractivity contribution < 1.29 is 9.53 Å². The van der Waals surface area contributed by atoms with Crippen molar-refractivity contribution in [1.29, 1.82) is 0 Å². The van der Waals surface area contributed by atoms with Crippen LogP contribution in [0.25, 0.3) is 11.3 Å². The first kappa shape index (κ1) is 19.4. The minimum atomic E-state index is -0.225. The molecule has 140 valence electrons. The van der Waals surface area contributed by atoms with E-state index < -0.39 is 0 Å². The van der Waals surface area contributed by atoms with Gasteiger partial charge in [-0.1, -0.05) is 47.1 Å². The molecule has 2 amide bonds. The van der Waals surface area contributed by atoms with E-state index in [0.717, 1.165) is 22.2 Å². The largest absolute Gasteiger partial charge is 0.495 e. The highest BCUT2D eigenvalue weighted by atomic mass is 79.9. The summed E-state index contributed by atoms with van der Waals surface area (Å²) < 4.78 is 6.31. The number of ether oxygens (including phenoxy) is 1. The third kappa shape index (κ3) is 4.67. The number of anilines is 2. The number of para-hydroxylation sites is 2. The van der Waals surface area contributed by atoms with E-state index in [1.165, 1.54) is 11.3 Å². The predicted octanol–water partition coefficient (Wildman–Crippen LogP) is 6.03. The minimum absolute atomic E-state index is 0.225. The van der Waals surface area contributed by atoms with Crippen LogP contribution < -0.4 is 15.0 Å². The van der Waals surface area contributed by atoms with Crippen LogP contribution in [0.3, 0.4) is 0 Å². The quantitative estimate of drug-likeness (QED) is 0.503. The normalized spacial score (nSPS) is 10.5. The fourth-order valence-corrected chi connectivity index (χ4v) is 3.86. The van der Waals surface area contributed by atoms with Crippen molar-refractivity contribution in [2.24, 2.45) is 0 Å². The highest BCUT2D eigenvalue weighted by Crippen LogP contribution is 2.30. The molecule has 0 radical (unpaired) electrons. The third-order valence-corrected chi connectivity index (χ3v) is 5.24. The number of hydrogen-bond donors (Lipinski definition) is 1. The van der Waals surface area contributed by atoms with Crippen LogP contribution in [0.15, 0.2) is 58.4 Å². The topological polar surface area (TPSA) is 54.5 Å². The van der Waals surface area contributed by atoms with E-state index in [4.69, 9.17) is 4.74 Å². The van der Waals surface area contributed by atoms with Gasteiger partial charge in [0.25, 0.3) is 0 Å². The van der Waals surface area contributed by atoms with Gasteiger partial charge in [-0.25, -0.2) is 9.78 Å². The Labute approximate surface area is 171 Å². The number of urea groups is 1. The van der Waals surface area contributed by atoms with Gasteiger partial charge in [-0.15, -0.1) is 11.3 Å². The molecule has 0 spiro atoms. The smallest absolute Gasteiger partial charge is 0.328 e. The average Bonchev–Trinajstić information content (AvgIpc) is 3.16. The van der Waals surface area contributed by atoms with Gasteiger partial charge < -0.3 is 10.1 Å². The maximum atomic E-state index is 12.9. The van der Waals surface area contributed by atoms with Gasteiger partial charge in [0.1, 0.15) is 5.75 Å². The lowest BCUT2D eigenvalue weighted by atomic mass is 10.2. The molecule has 7 heteroatoms. The van der Waals surface area contributed by atoms with Crippen molar-refractivity contribution >= 4 is 44.1 Å². The lowest BCUT2D eigenvalue weighted by Crippen LogP contribution is -2.35. The summed E-state index contributed by atoms with van der Waals surface area (Å²) in [4.78, 5) is 19.2. The Balaban J connectivity index is 1.84. The second-order valence-corrected chi connectivity index (χ2v) is 7.56. The Kier molecular flexibility index (Phi) is 6.47. The summed E-state index contributed by atoms with van der Waals surface area (Å²) in [5.74, 6) is 0.622. The first-order chi connectivity index (χ1) is 13.1. The molecule has 0 saturated heterocycles.